The molecule has 4 nitrogen and oxygen atoms in total. The summed E-state index contributed by atoms with van der Waals surface area (Å²) in [6, 6.07) is 11.6. The van der Waals surface area contributed by atoms with E-state index in [1.807, 2.05) is 50.2 Å². The summed E-state index contributed by atoms with van der Waals surface area (Å²) in [6.07, 6.45) is 0. The lowest BCUT2D eigenvalue weighted by Crippen LogP contribution is -1.98. The van der Waals surface area contributed by atoms with Crippen LogP contribution >= 0.6 is 0 Å². The van der Waals surface area contributed by atoms with Crippen LogP contribution in [0.25, 0.3) is 11.1 Å². The highest BCUT2D eigenvalue weighted by atomic mass is 16.5. The van der Waals surface area contributed by atoms with Crippen LogP contribution in [0.4, 0.5) is 0 Å². The molecule has 2 rings (SSSR count). The predicted octanol–water partition coefficient (Wildman–Crippen LogP) is 4.17. The minimum Gasteiger partial charge on any atom is -0.494 e. The van der Waals surface area contributed by atoms with Gasteiger partial charge in [0.1, 0.15) is 11.5 Å². The molecular weight excluding hydrogens is 280 g/mol. The molecule has 0 spiro atoms. The number of methoxy groups -OCH3 is 2. The molecule has 22 heavy (non-hydrogen) atoms. The summed E-state index contributed by atoms with van der Waals surface area (Å²) in [5.74, 6) is 2.93. The minimum atomic E-state index is 0.578. The van der Waals surface area contributed by atoms with E-state index in [2.05, 4.69) is 0 Å². The highest BCUT2D eigenvalue weighted by molar-refractivity contribution is 5.79. The lowest BCUT2D eigenvalue weighted by Gasteiger charge is -2.16. The first-order chi connectivity index (χ1) is 10.7. The van der Waals surface area contributed by atoms with E-state index in [4.69, 9.17) is 18.9 Å². The molecule has 0 atom stereocenters. The highest BCUT2D eigenvalue weighted by Gasteiger charge is 2.16. The lowest BCUT2D eigenvalue weighted by atomic mass is 10.0. The SMILES string of the molecule is CCOc1ccc(-c2cccc(OC)c2OC)c(OCC)c1. The zero-order chi connectivity index (χ0) is 15.9. The standard InChI is InChI=1S/C18H22O4/c1-5-21-13-10-11-14(17(12-13)22-6-2)15-8-7-9-16(19-3)18(15)20-4/h7-12H,5-6H2,1-4H3. The van der Waals surface area contributed by atoms with Gasteiger partial charge in [-0.1, -0.05) is 12.1 Å². The van der Waals surface area contributed by atoms with Gasteiger partial charge in [0.25, 0.3) is 0 Å². The van der Waals surface area contributed by atoms with Crippen molar-refractivity contribution in [2.45, 2.75) is 13.8 Å². The maximum absolute atomic E-state index is 5.78. The van der Waals surface area contributed by atoms with Crippen molar-refractivity contribution in [3.05, 3.63) is 36.4 Å². The van der Waals surface area contributed by atoms with Gasteiger partial charge in [0.05, 0.1) is 27.4 Å². The number of hydrogen-bond donors (Lipinski definition) is 0. The second kappa shape index (κ2) is 7.59. The number of benzene rings is 2. The Labute approximate surface area is 131 Å². The van der Waals surface area contributed by atoms with Crippen molar-refractivity contribution in [1.29, 1.82) is 0 Å². The summed E-state index contributed by atoms with van der Waals surface area (Å²) in [5.41, 5.74) is 1.87. The third-order valence-corrected chi connectivity index (χ3v) is 3.26. The molecule has 0 aliphatic carbocycles. The molecule has 0 saturated carbocycles. The fourth-order valence-corrected chi connectivity index (χ4v) is 2.36. The normalized spacial score (nSPS) is 10.2. The van der Waals surface area contributed by atoms with E-state index in [0.717, 1.165) is 22.6 Å². The average molecular weight is 302 g/mol. The molecule has 0 saturated heterocycles. The Hall–Kier alpha value is -2.36. The highest BCUT2D eigenvalue weighted by Crippen LogP contribution is 2.42. The van der Waals surface area contributed by atoms with Crippen molar-refractivity contribution in [2.24, 2.45) is 0 Å². The van der Waals surface area contributed by atoms with Crippen LogP contribution in [0.2, 0.25) is 0 Å². The number of ether oxygens (including phenoxy) is 4. The Morgan fingerprint density at radius 2 is 1.55 bits per heavy atom. The van der Waals surface area contributed by atoms with Crippen molar-refractivity contribution in [3.8, 4) is 34.1 Å². The smallest absolute Gasteiger partial charge is 0.168 e. The van der Waals surface area contributed by atoms with Gasteiger partial charge in [0.2, 0.25) is 0 Å². The van der Waals surface area contributed by atoms with Crippen LogP contribution < -0.4 is 18.9 Å². The van der Waals surface area contributed by atoms with Crippen LogP contribution in [-0.2, 0) is 0 Å². The van der Waals surface area contributed by atoms with Gasteiger partial charge >= 0.3 is 0 Å². The molecule has 2 aromatic rings. The lowest BCUT2D eigenvalue weighted by molar-refractivity contribution is 0.323. The van der Waals surface area contributed by atoms with Gasteiger partial charge in [-0.15, -0.1) is 0 Å². The van der Waals surface area contributed by atoms with E-state index in [1.165, 1.54) is 0 Å². The van der Waals surface area contributed by atoms with Gasteiger partial charge < -0.3 is 18.9 Å². The van der Waals surface area contributed by atoms with Crippen LogP contribution in [0.15, 0.2) is 36.4 Å². The largest absolute Gasteiger partial charge is 0.494 e. The summed E-state index contributed by atoms with van der Waals surface area (Å²) in [5, 5.41) is 0. The van der Waals surface area contributed by atoms with Crippen LogP contribution in [0.5, 0.6) is 23.0 Å². The van der Waals surface area contributed by atoms with Gasteiger partial charge in [-0.25, -0.2) is 0 Å². The Balaban J connectivity index is 2.56. The maximum Gasteiger partial charge on any atom is 0.168 e. The zero-order valence-corrected chi connectivity index (χ0v) is 13.5. The summed E-state index contributed by atoms with van der Waals surface area (Å²) < 4.78 is 22.2. The van der Waals surface area contributed by atoms with Crippen LogP contribution in [-0.4, -0.2) is 27.4 Å². The van der Waals surface area contributed by atoms with E-state index in [0.29, 0.717) is 24.7 Å². The van der Waals surface area contributed by atoms with Gasteiger partial charge in [0.15, 0.2) is 11.5 Å². The molecule has 0 amide bonds. The van der Waals surface area contributed by atoms with E-state index < -0.39 is 0 Å². The Morgan fingerprint density at radius 3 is 2.18 bits per heavy atom. The molecule has 0 bridgehead atoms. The van der Waals surface area contributed by atoms with E-state index >= 15 is 0 Å². The third kappa shape index (κ3) is 3.27. The number of rotatable bonds is 7. The Kier molecular flexibility index (Phi) is 5.53. The molecule has 0 aromatic heterocycles. The first kappa shape index (κ1) is 16.0. The van der Waals surface area contributed by atoms with E-state index in [1.54, 1.807) is 14.2 Å². The summed E-state index contributed by atoms with van der Waals surface area (Å²) >= 11 is 0. The second-order valence-corrected chi connectivity index (χ2v) is 4.57. The van der Waals surface area contributed by atoms with Crippen LogP contribution in [0.3, 0.4) is 0 Å². The molecule has 0 radical (unpaired) electrons. The summed E-state index contributed by atoms with van der Waals surface area (Å²) in [4.78, 5) is 0. The van der Waals surface area contributed by atoms with Gasteiger partial charge in [-0.2, -0.15) is 0 Å². The van der Waals surface area contributed by atoms with Crippen molar-refractivity contribution in [2.75, 3.05) is 27.4 Å². The van der Waals surface area contributed by atoms with Crippen molar-refractivity contribution >= 4 is 0 Å². The second-order valence-electron chi connectivity index (χ2n) is 4.57. The summed E-state index contributed by atoms with van der Waals surface area (Å²) in [6.45, 7) is 5.11. The van der Waals surface area contributed by atoms with Crippen molar-refractivity contribution in [3.63, 3.8) is 0 Å². The van der Waals surface area contributed by atoms with Crippen molar-refractivity contribution < 1.29 is 18.9 Å². The number of hydrogen-bond acceptors (Lipinski definition) is 4. The van der Waals surface area contributed by atoms with Crippen molar-refractivity contribution in [1.82, 2.24) is 0 Å². The Morgan fingerprint density at radius 1 is 0.773 bits per heavy atom. The maximum atomic E-state index is 5.78. The van der Waals surface area contributed by atoms with Gasteiger partial charge in [-0.05, 0) is 32.0 Å². The molecule has 4 heteroatoms. The number of para-hydroxylation sites is 1. The monoisotopic (exact) mass is 302 g/mol. The molecule has 0 N–H and O–H groups in total. The van der Waals surface area contributed by atoms with Gasteiger partial charge in [0, 0.05) is 17.2 Å². The molecular formula is C18H22O4. The molecule has 0 unspecified atom stereocenters. The van der Waals surface area contributed by atoms with Crippen LogP contribution in [0.1, 0.15) is 13.8 Å². The van der Waals surface area contributed by atoms with E-state index in [9.17, 15) is 0 Å². The minimum absolute atomic E-state index is 0.578. The van der Waals surface area contributed by atoms with Crippen LogP contribution in [0, 0.1) is 0 Å². The average Bonchev–Trinajstić information content (AvgIpc) is 2.55. The topological polar surface area (TPSA) is 36.9 Å². The molecule has 0 aliphatic heterocycles. The molecule has 0 heterocycles. The first-order valence-electron chi connectivity index (χ1n) is 7.36. The quantitative estimate of drug-likeness (QED) is 0.769. The third-order valence-electron chi connectivity index (χ3n) is 3.26. The fraction of sp³-hybridized carbons (Fsp3) is 0.333. The first-order valence-corrected chi connectivity index (χ1v) is 7.36. The molecule has 118 valence electrons. The molecule has 0 fully saturated rings. The predicted molar refractivity (Wildman–Crippen MR) is 87.3 cm³/mol. The Bertz CT molecular complexity index is 622. The van der Waals surface area contributed by atoms with Gasteiger partial charge in [-0.3, -0.25) is 0 Å². The molecule has 2 aromatic carbocycles. The fourth-order valence-electron chi connectivity index (χ4n) is 2.36. The molecule has 0 aliphatic rings. The zero-order valence-electron chi connectivity index (χ0n) is 13.5. The van der Waals surface area contributed by atoms with E-state index in [-0.39, 0.29) is 0 Å². The summed E-state index contributed by atoms with van der Waals surface area (Å²) in [7, 11) is 3.26.